The van der Waals surface area contributed by atoms with E-state index >= 15 is 0 Å². The maximum Gasteiger partial charge on any atom is 0.330 e. The first-order valence-electron chi connectivity index (χ1n) is 3.82. The van der Waals surface area contributed by atoms with Gasteiger partial charge >= 0.3 is 5.97 Å². The summed E-state index contributed by atoms with van der Waals surface area (Å²) in [6.45, 7) is -0.151. The molecule has 1 aromatic rings. The largest absolute Gasteiger partial charge is 0.465 e. The van der Waals surface area contributed by atoms with Crippen LogP contribution in [0.4, 0.5) is 0 Å². The van der Waals surface area contributed by atoms with Crippen LogP contribution in [0, 0.1) is 0 Å². The smallest absolute Gasteiger partial charge is 0.330 e. The first-order valence-corrected chi connectivity index (χ1v) is 3.82. The Bertz CT molecular complexity index is 274. The summed E-state index contributed by atoms with van der Waals surface area (Å²) in [6.07, 6.45) is 4.26. The minimum absolute atomic E-state index is 0.0152. The van der Waals surface area contributed by atoms with Crippen molar-refractivity contribution >= 4 is 12.0 Å². The summed E-state index contributed by atoms with van der Waals surface area (Å²) in [5, 5.41) is 8.35. The molecule has 0 aliphatic rings. The average molecular weight is 182 g/mol. The summed E-state index contributed by atoms with van der Waals surface area (Å²) < 4.78 is 9.52. The molecule has 4 nitrogen and oxygen atoms in total. The highest BCUT2D eigenvalue weighted by atomic mass is 16.5. The number of hydrogen-bond donors (Lipinski definition) is 1. The highest BCUT2D eigenvalue weighted by molar-refractivity contribution is 5.86. The molecule has 0 saturated heterocycles. The molecule has 0 aromatic carbocycles. The molecule has 1 N–H and O–H groups in total. The van der Waals surface area contributed by atoms with Crippen molar-refractivity contribution < 1.29 is 19.1 Å². The molecule has 70 valence electrons. The van der Waals surface area contributed by atoms with E-state index in [1.807, 2.05) is 0 Å². The van der Waals surface area contributed by atoms with Crippen LogP contribution >= 0.6 is 0 Å². The molecule has 0 saturated carbocycles. The topological polar surface area (TPSA) is 59.7 Å². The SMILES string of the molecule is O=C(C=Cc1ccco1)OCCO. The Morgan fingerprint density at radius 2 is 2.54 bits per heavy atom. The zero-order valence-corrected chi connectivity index (χ0v) is 6.97. The van der Waals surface area contributed by atoms with E-state index in [-0.39, 0.29) is 13.2 Å². The Morgan fingerprint density at radius 3 is 3.15 bits per heavy atom. The fourth-order valence-electron chi connectivity index (χ4n) is 0.731. The first-order chi connectivity index (χ1) is 6.33. The van der Waals surface area contributed by atoms with Crippen molar-refractivity contribution in [3.05, 3.63) is 30.2 Å². The molecule has 1 rings (SSSR count). The summed E-state index contributed by atoms with van der Waals surface area (Å²) >= 11 is 0. The second-order valence-electron chi connectivity index (χ2n) is 2.24. The van der Waals surface area contributed by atoms with Gasteiger partial charge in [0.2, 0.25) is 0 Å². The number of furan rings is 1. The third-order valence-corrected chi connectivity index (χ3v) is 1.26. The summed E-state index contributed by atoms with van der Waals surface area (Å²) in [6, 6.07) is 3.44. The molecule has 0 fully saturated rings. The van der Waals surface area contributed by atoms with Crippen LogP contribution in [0.25, 0.3) is 6.08 Å². The molecule has 0 bridgehead atoms. The molecule has 1 aromatic heterocycles. The third-order valence-electron chi connectivity index (χ3n) is 1.26. The van der Waals surface area contributed by atoms with Crippen LogP contribution in [0.15, 0.2) is 28.9 Å². The van der Waals surface area contributed by atoms with E-state index in [0.717, 1.165) is 0 Å². The number of carbonyl (C=O) groups excluding carboxylic acids is 1. The van der Waals surface area contributed by atoms with E-state index < -0.39 is 5.97 Å². The number of hydrogen-bond acceptors (Lipinski definition) is 4. The zero-order chi connectivity index (χ0) is 9.52. The Balaban J connectivity index is 2.35. The lowest BCUT2D eigenvalue weighted by Crippen LogP contribution is -2.04. The van der Waals surface area contributed by atoms with Gasteiger partial charge < -0.3 is 14.3 Å². The number of aliphatic hydroxyl groups excluding tert-OH is 1. The lowest BCUT2D eigenvalue weighted by molar-refractivity contribution is -0.138. The highest BCUT2D eigenvalue weighted by Crippen LogP contribution is 2.01. The van der Waals surface area contributed by atoms with Crippen LogP contribution in [0.2, 0.25) is 0 Å². The summed E-state index contributed by atoms with van der Waals surface area (Å²) in [5.74, 6) is 0.0893. The summed E-state index contributed by atoms with van der Waals surface area (Å²) in [5.41, 5.74) is 0. The van der Waals surface area contributed by atoms with E-state index in [0.29, 0.717) is 5.76 Å². The normalized spacial score (nSPS) is 10.5. The number of carbonyl (C=O) groups is 1. The van der Waals surface area contributed by atoms with Gasteiger partial charge in [-0.05, 0) is 18.2 Å². The lowest BCUT2D eigenvalue weighted by atomic mass is 10.4. The van der Waals surface area contributed by atoms with E-state index in [9.17, 15) is 4.79 Å². The molecule has 0 unspecified atom stereocenters. The maximum absolute atomic E-state index is 10.8. The van der Waals surface area contributed by atoms with E-state index in [2.05, 4.69) is 4.74 Å². The van der Waals surface area contributed by atoms with Crippen molar-refractivity contribution in [1.82, 2.24) is 0 Å². The van der Waals surface area contributed by atoms with Crippen molar-refractivity contribution in [3.8, 4) is 0 Å². The van der Waals surface area contributed by atoms with E-state index in [4.69, 9.17) is 9.52 Å². The Morgan fingerprint density at radius 1 is 1.69 bits per heavy atom. The molecular formula is C9H10O4. The predicted octanol–water partition coefficient (Wildman–Crippen LogP) is 0.828. The van der Waals surface area contributed by atoms with Crippen LogP contribution in [0.3, 0.4) is 0 Å². The minimum atomic E-state index is -0.495. The van der Waals surface area contributed by atoms with Crippen molar-refractivity contribution in [2.75, 3.05) is 13.2 Å². The molecule has 4 heteroatoms. The molecule has 0 spiro atoms. The lowest BCUT2D eigenvalue weighted by Gasteiger charge is -1.95. The van der Waals surface area contributed by atoms with Crippen LogP contribution in [-0.2, 0) is 9.53 Å². The number of ether oxygens (including phenoxy) is 1. The molecule has 13 heavy (non-hydrogen) atoms. The molecule has 0 aliphatic carbocycles. The van der Waals surface area contributed by atoms with Crippen molar-refractivity contribution in [1.29, 1.82) is 0 Å². The van der Waals surface area contributed by atoms with E-state index in [1.165, 1.54) is 18.4 Å². The Labute approximate surface area is 75.4 Å². The van der Waals surface area contributed by atoms with Crippen molar-refractivity contribution in [2.45, 2.75) is 0 Å². The highest BCUT2D eigenvalue weighted by Gasteiger charge is 1.95. The first kappa shape index (κ1) is 9.54. The van der Waals surface area contributed by atoms with Gasteiger partial charge in [-0.2, -0.15) is 0 Å². The van der Waals surface area contributed by atoms with Crippen LogP contribution in [0.5, 0.6) is 0 Å². The van der Waals surface area contributed by atoms with Gasteiger partial charge in [0.15, 0.2) is 0 Å². The molecule has 0 atom stereocenters. The second kappa shape index (κ2) is 5.16. The Kier molecular flexibility index (Phi) is 3.78. The van der Waals surface area contributed by atoms with Gasteiger partial charge in [-0.15, -0.1) is 0 Å². The van der Waals surface area contributed by atoms with Gasteiger partial charge in [-0.3, -0.25) is 0 Å². The monoisotopic (exact) mass is 182 g/mol. The predicted molar refractivity (Wildman–Crippen MR) is 45.8 cm³/mol. The minimum Gasteiger partial charge on any atom is -0.465 e. The fourth-order valence-corrected chi connectivity index (χ4v) is 0.731. The van der Waals surface area contributed by atoms with Crippen molar-refractivity contribution in [2.24, 2.45) is 0 Å². The van der Waals surface area contributed by atoms with Gasteiger partial charge in [-0.1, -0.05) is 0 Å². The van der Waals surface area contributed by atoms with Crippen LogP contribution in [-0.4, -0.2) is 24.3 Å². The average Bonchev–Trinajstić information content (AvgIpc) is 2.64. The molecule has 0 radical (unpaired) electrons. The van der Waals surface area contributed by atoms with Crippen LogP contribution < -0.4 is 0 Å². The van der Waals surface area contributed by atoms with Gasteiger partial charge in [0.25, 0.3) is 0 Å². The van der Waals surface area contributed by atoms with Gasteiger partial charge in [0, 0.05) is 6.08 Å². The molecule has 0 aliphatic heterocycles. The number of rotatable bonds is 4. The van der Waals surface area contributed by atoms with E-state index in [1.54, 1.807) is 12.1 Å². The van der Waals surface area contributed by atoms with Crippen LogP contribution in [0.1, 0.15) is 5.76 Å². The molecule has 1 heterocycles. The Hall–Kier alpha value is -1.55. The summed E-state index contributed by atoms with van der Waals surface area (Å²) in [4.78, 5) is 10.8. The van der Waals surface area contributed by atoms with Gasteiger partial charge in [-0.25, -0.2) is 4.79 Å². The summed E-state index contributed by atoms with van der Waals surface area (Å²) in [7, 11) is 0. The maximum atomic E-state index is 10.8. The fraction of sp³-hybridized carbons (Fsp3) is 0.222. The standard InChI is InChI=1S/C9H10O4/c10-5-7-13-9(11)4-3-8-2-1-6-12-8/h1-4,6,10H,5,7H2. The number of esters is 1. The molecular weight excluding hydrogens is 172 g/mol. The third kappa shape index (κ3) is 3.57. The second-order valence-corrected chi connectivity index (χ2v) is 2.24. The zero-order valence-electron chi connectivity index (χ0n) is 6.97. The molecule has 0 amide bonds. The quantitative estimate of drug-likeness (QED) is 0.553. The van der Waals surface area contributed by atoms with Crippen molar-refractivity contribution in [3.63, 3.8) is 0 Å². The number of aliphatic hydroxyl groups is 1. The van der Waals surface area contributed by atoms with Gasteiger partial charge in [0.1, 0.15) is 12.4 Å². The van der Waals surface area contributed by atoms with Gasteiger partial charge in [0.05, 0.1) is 12.9 Å².